The summed E-state index contributed by atoms with van der Waals surface area (Å²) in [6, 6.07) is 8.47. The molecule has 1 aliphatic heterocycles. The van der Waals surface area contributed by atoms with Crippen molar-refractivity contribution in [2.24, 2.45) is 0 Å². The van der Waals surface area contributed by atoms with Crippen molar-refractivity contribution in [3.63, 3.8) is 0 Å². The lowest BCUT2D eigenvalue weighted by atomic mass is 10.1. The van der Waals surface area contributed by atoms with Crippen LogP contribution in [-0.4, -0.2) is 63.2 Å². The van der Waals surface area contributed by atoms with Crippen LogP contribution in [0.4, 0.5) is 5.95 Å². The third-order valence-corrected chi connectivity index (χ3v) is 6.17. The summed E-state index contributed by atoms with van der Waals surface area (Å²) in [6.07, 6.45) is 1.96. The number of carbonyl (C=O) groups excluding carboxylic acids is 2. The maximum atomic E-state index is 13.8. The number of benzene rings is 1. The van der Waals surface area contributed by atoms with Gasteiger partial charge in [0, 0.05) is 38.3 Å². The zero-order chi connectivity index (χ0) is 26.5. The molecule has 0 unspecified atom stereocenters. The van der Waals surface area contributed by atoms with Gasteiger partial charge in [-0.3, -0.25) is 23.5 Å². The van der Waals surface area contributed by atoms with Gasteiger partial charge in [0.2, 0.25) is 5.95 Å². The van der Waals surface area contributed by atoms with Crippen molar-refractivity contribution in [1.82, 2.24) is 24.0 Å². The molecule has 11 nitrogen and oxygen atoms in total. The van der Waals surface area contributed by atoms with E-state index in [9.17, 15) is 19.2 Å². The minimum absolute atomic E-state index is 0.0992. The van der Waals surface area contributed by atoms with Gasteiger partial charge in [-0.2, -0.15) is 4.98 Å². The molecule has 1 aromatic carbocycles. The van der Waals surface area contributed by atoms with Crippen LogP contribution in [0.25, 0.3) is 11.2 Å². The number of ether oxygens (including phenoxy) is 1. The van der Waals surface area contributed by atoms with Crippen molar-refractivity contribution in [2.45, 2.75) is 40.4 Å². The number of esters is 1. The van der Waals surface area contributed by atoms with Crippen molar-refractivity contribution in [3.8, 4) is 0 Å². The van der Waals surface area contributed by atoms with Crippen LogP contribution < -0.4 is 21.5 Å². The highest BCUT2D eigenvalue weighted by Gasteiger charge is 2.26. The molecule has 3 heterocycles. The maximum absolute atomic E-state index is 13.8. The van der Waals surface area contributed by atoms with Gasteiger partial charge in [-0.15, -0.1) is 0 Å². The Labute approximate surface area is 214 Å². The van der Waals surface area contributed by atoms with Crippen LogP contribution in [0, 0.1) is 0 Å². The van der Waals surface area contributed by atoms with Crippen LogP contribution in [0.5, 0.6) is 0 Å². The van der Waals surface area contributed by atoms with Gasteiger partial charge in [0.25, 0.3) is 5.56 Å². The molecule has 1 N–H and O–H groups in total. The summed E-state index contributed by atoms with van der Waals surface area (Å²) in [5, 5.41) is 3.30. The van der Waals surface area contributed by atoms with Gasteiger partial charge in [-0.05, 0) is 20.8 Å². The molecule has 1 aliphatic rings. The van der Waals surface area contributed by atoms with E-state index < -0.39 is 30.3 Å². The van der Waals surface area contributed by atoms with Crippen molar-refractivity contribution >= 4 is 28.9 Å². The van der Waals surface area contributed by atoms with E-state index in [0.29, 0.717) is 31.1 Å². The lowest BCUT2D eigenvalue weighted by Gasteiger charge is -2.28. The number of carbonyl (C=O) groups is 2. The van der Waals surface area contributed by atoms with E-state index in [2.05, 4.69) is 5.32 Å². The molecule has 3 aromatic rings. The minimum atomic E-state index is -0.784. The predicted octanol–water partition coefficient (Wildman–Crippen LogP) is 1.18. The highest BCUT2D eigenvalue weighted by molar-refractivity contribution is 5.96. The first kappa shape index (κ1) is 26.1. The molecule has 2 aromatic heterocycles. The Morgan fingerprint density at radius 2 is 1.73 bits per heavy atom. The van der Waals surface area contributed by atoms with E-state index >= 15 is 0 Å². The number of imidazole rings is 1. The standard InChI is InChI=1S/C26H32N6O5/c1-4-37-21(34)17-31-23-22(24(35)32(26(31)36)16-20(33)19-8-6-5-7-9-19)30(13-10-18(2)3)25(28-23)29-14-11-27-12-15-29/h5-10,27H,4,11-17H2,1-3H3. The summed E-state index contributed by atoms with van der Waals surface area (Å²) in [7, 11) is 0. The van der Waals surface area contributed by atoms with Crippen LogP contribution >= 0.6 is 0 Å². The van der Waals surface area contributed by atoms with Crippen LogP contribution in [0.15, 0.2) is 51.6 Å². The number of allylic oxidation sites excluding steroid dienone is 2. The van der Waals surface area contributed by atoms with E-state index in [4.69, 9.17) is 9.72 Å². The third-order valence-electron chi connectivity index (χ3n) is 6.17. The summed E-state index contributed by atoms with van der Waals surface area (Å²) < 4.78 is 8.88. The number of fused-ring (bicyclic) bond motifs is 1. The quantitative estimate of drug-likeness (QED) is 0.260. The Morgan fingerprint density at radius 3 is 2.38 bits per heavy atom. The minimum Gasteiger partial charge on any atom is -0.465 e. The van der Waals surface area contributed by atoms with Gasteiger partial charge >= 0.3 is 11.7 Å². The molecule has 0 bridgehead atoms. The van der Waals surface area contributed by atoms with Crippen molar-refractivity contribution in [3.05, 3.63) is 68.4 Å². The average Bonchev–Trinajstić information content (AvgIpc) is 3.28. The second kappa shape index (κ2) is 11.4. The molecular formula is C26H32N6O5. The van der Waals surface area contributed by atoms with Gasteiger partial charge in [0.15, 0.2) is 16.9 Å². The average molecular weight is 509 g/mol. The number of ketones is 1. The summed E-state index contributed by atoms with van der Waals surface area (Å²) in [5.74, 6) is -0.483. The first-order valence-corrected chi connectivity index (χ1v) is 12.4. The van der Waals surface area contributed by atoms with Gasteiger partial charge in [-0.25, -0.2) is 4.79 Å². The SMILES string of the molecule is CCOC(=O)Cn1c(=O)n(CC(=O)c2ccccc2)c(=O)c2c1nc(N1CCNCC1)n2CC=C(C)C. The number of nitrogens with zero attached hydrogens (tertiary/aromatic N) is 5. The molecule has 1 fully saturated rings. The lowest BCUT2D eigenvalue weighted by Crippen LogP contribution is -2.44. The Balaban J connectivity index is 1.96. The fourth-order valence-corrected chi connectivity index (χ4v) is 4.31. The topological polar surface area (TPSA) is 120 Å². The van der Waals surface area contributed by atoms with Gasteiger partial charge < -0.3 is 19.5 Å². The number of aromatic nitrogens is 4. The fourth-order valence-electron chi connectivity index (χ4n) is 4.31. The summed E-state index contributed by atoms with van der Waals surface area (Å²) in [5.41, 5.74) is 0.282. The largest absolute Gasteiger partial charge is 0.465 e. The van der Waals surface area contributed by atoms with Crippen LogP contribution in [0.3, 0.4) is 0 Å². The smallest absolute Gasteiger partial charge is 0.333 e. The molecule has 0 aliphatic carbocycles. The maximum Gasteiger partial charge on any atom is 0.333 e. The molecule has 4 rings (SSSR count). The van der Waals surface area contributed by atoms with E-state index in [-0.39, 0.29) is 23.6 Å². The number of nitrogens with one attached hydrogen (secondary N) is 1. The summed E-state index contributed by atoms with van der Waals surface area (Å²) >= 11 is 0. The van der Waals surface area contributed by atoms with Crippen molar-refractivity contribution < 1.29 is 14.3 Å². The highest BCUT2D eigenvalue weighted by atomic mass is 16.5. The highest BCUT2D eigenvalue weighted by Crippen LogP contribution is 2.21. The Bertz CT molecular complexity index is 1440. The van der Waals surface area contributed by atoms with Crippen LogP contribution in [0.1, 0.15) is 31.1 Å². The molecule has 37 heavy (non-hydrogen) atoms. The second-order valence-corrected chi connectivity index (χ2v) is 9.07. The van der Waals surface area contributed by atoms with E-state index in [0.717, 1.165) is 27.8 Å². The third kappa shape index (κ3) is 5.56. The molecule has 196 valence electrons. The van der Waals surface area contributed by atoms with Gasteiger partial charge in [-0.1, -0.05) is 42.0 Å². The first-order chi connectivity index (χ1) is 17.8. The number of piperazine rings is 1. The lowest BCUT2D eigenvalue weighted by molar-refractivity contribution is -0.143. The number of hydrogen-bond donors (Lipinski definition) is 1. The monoisotopic (exact) mass is 508 g/mol. The normalized spacial score (nSPS) is 13.5. The molecule has 0 amide bonds. The molecule has 0 radical (unpaired) electrons. The van der Waals surface area contributed by atoms with Crippen molar-refractivity contribution in [2.75, 3.05) is 37.7 Å². The number of hydrogen-bond acceptors (Lipinski definition) is 8. The number of anilines is 1. The molecule has 1 saturated heterocycles. The zero-order valence-corrected chi connectivity index (χ0v) is 21.4. The number of Topliss-reactive ketones (excluding diaryl/α,β-unsaturated/α-hetero) is 1. The van der Waals surface area contributed by atoms with Gasteiger partial charge in [0.1, 0.15) is 6.54 Å². The summed E-state index contributed by atoms with van der Waals surface area (Å²) in [4.78, 5) is 59.6. The zero-order valence-electron chi connectivity index (χ0n) is 21.4. The number of rotatable bonds is 9. The van der Waals surface area contributed by atoms with Gasteiger partial charge in [0.05, 0.1) is 13.2 Å². The second-order valence-electron chi connectivity index (χ2n) is 9.07. The Morgan fingerprint density at radius 1 is 1.03 bits per heavy atom. The van der Waals surface area contributed by atoms with E-state index in [1.54, 1.807) is 41.8 Å². The molecular weight excluding hydrogens is 476 g/mol. The van der Waals surface area contributed by atoms with E-state index in [1.807, 2.05) is 24.8 Å². The first-order valence-electron chi connectivity index (χ1n) is 12.4. The molecule has 11 heteroatoms. The Hall–Kier alpha value is -3.99. The molecule has 0 spiro atoms. The van der Waals surface area contributed by atoms with Crippen molar-refractivity contribution in [1.29, 1.82) is 0 Å². The van der Waals surface area contributed by atoms with Crippen LogP contribution in [0.2, 0.25) is 0 Å². The predicted molar refractivity (Wildman–Crippen MR) is 140 cm³/mol. The molecule has 0 saturated carbocycles. The Kier molecular flexibility index (Phi) is 8.02. The molecule has 0 atom stereocenters. The summed E-state index contributed by atoms with van der Waals surface area (Å²) in [6.45, 7) is 8.01. The van der Waals surface area contributed by atoms with E-state index in [1.165, 1.54) is 0 Å². The fraction of sp³-hybridized carbons (Fsp3) is 0.423. The van der Waals surface area contributed by atoms with Crippen LogP contribution in [-0.2, 0) is 29.2 Å².